The highest BCUT2D eigenvalue weighted by Gasteiger charge is 2.05. The van der Waals surface area contributed by atoms with E-state index in [1.165, 1.54) is 22.3 Å². The molecule has 0 aliphatic heterocycles. The van der Waals surface area contributed by atoms with Gasteiger partial charge in [-0.3, -0.25) is 4.94 Å². The summed E-state index contributed by atoms with van der Waals surface area (Å²) in [6.45, 7) is 11.9. The van der Waals surface area contributed by atoms with Crippen molar-refractivity contribution in [3.63, 3.8) is 0 Å². The first-order valence-electron chi connectivity index (χ1n) is 10.5. The van der Waals surface area contributed by atoms with E-state index in [0.29, 0.717) is 6.42 Å². The molecule has 0 aliphatic rings. The van der Waals surface area contributed by atoms with E-state index in [1.807, 2.05) is 56.3 Å². The van der Waals surface area contributed by atoms with E-state index in [2.05, 4.69) is 61.8 Å². The van der Waals surface area contributed by atoms with Crippen LogP contribution in [-0.4, -0.2) is 5.97 Å². The van der Waals surface area contributed by atoms with Gasteiger partial charge in [-0.2, -0.15) is 0 Å². The lowest BCUT2D eigenvalue weighted by Crippen LogP contribution is -2.00. The Balaban J connectivity index is 0.000000245. The SMILES string of the molecule is C=Cc1cccc(C)c1.CCc1ccccc1.Cc1ccc(CCC(=O)OF)c(C)c1. The number of hydrogen-bond acceptors (Lipinski definition) is 2. The van der Waals surface area contributed by atoms with Crippen molar-refractivity contribution in [2.45, 2.75) is 47.0 Å². The van der Waals surface area contributed by atoms with Crippen LogP contribution in [0, 0.1) is 20.8 Å². The molecule has 0 aromatic heterocycles. The second-order valence-electron chi connectivity index (χ2n) is 7.34. The molecule has 3 rings (SSSR count). The summed E-state index contributed by atoms with van der Waals surface area (Å²) in [5.74, 6) is -0.815. The Kier molecular flexibility index (Phi) is 12.3. The number of carbonyl (C=O) groups is 1. The molecule has 0 heterocycles. The minimum absolute atomic E-state index is 0.0837. The van der Waals surface area contributed by atoms with Crippen LogP contribution < -0.4 is 0 Å². The normalized spacial score (nSPS) is 9.45. The van der Waals surface area contributed by atoms with Gasteiger partial charge in [-0.15, -0.1) is 0 Å². The van der Waals surface area contributed by atoms with Crippen LogP contribution in [0.2, 0.25) is 0 Å². The summed E-state index contributed by atoms with van der Waals surface area (Å²) in [5, 5.41) is 0. The van der Waals surface area contributed by atoms with Crippen LogP contribution >= 0.6 is 0 Å². The zero-order valence-corrected chi connectivity index (χ0v) is 19.0. The van der Waals surface area contributed by atoms with Crippen LogP contribution in [-0.2, 0) is 22.6 Å². The molecule has 0 amide bonds. The van der Waals surface area contributed by atoms with Crippen LogP contribution in [0.25, 0.3) is 6.08 Å². The number of rotatable bonds is 5. The van der Waals surface area contributed by atoms with Gasteiger partial charge in [-0.05, 0) is 55.9 Å². The third kappa shape index (κ3) is 10.9. The van der Waals surface area contributed by atoms with Gasteiger partial charge < -0.3 is 0 Å². The molecule has 0 aliphatic carbocycles. The van der Waals surface area contributed by atoms with Gasteiger partial charge in [0.1, 0.15) is 0 Å². The maximum atomic E-state index is 11.4. The van der Waals surface area contributed by atoms with Crippen LogP contribution in [0.4, 0.5) is 4.53 Å². The average Bonchev–Trinajstić information content (AvgIpc) is 2.79. The largest absolute Gasteiger partial charge is 0.349 e. The maximum Gasteiger partial charge on any atom is 0.349 e. The first-order chi connectivity index (χ1) is 14.9. The van der Waals surface area contributed by atoms with E-state index in [-0.39, 0.29) is 6.42 Å². The summed E-state index contributed by atoms with van der Waals surface area (Å²) >= 11 is 0. The molecule has 0 N–H and O–H groups in total. The fourth-order valence-corrected chi connectivity index (χ4v) is 2.91. The molecule has 3 aromatic carbocycles. The molecule has 3 aromatic rings. The summed E-state index contributed by atoms with van der Waals surface area (Å²) in [6.07, 6.45) is 3.60. The van der Waals surface area contributed by atoms with Gasteiger partial charge in [0.05, 0.1) is 6.42 Å². The van der Waals surface area contributed by atoms with Crippen LogP contribution in [0.1, 0.15) is 46.7 Å². The number of halogens is 1. The topological polar surface area (TPSA) is 26.3 Å². The number of hydrogen-bond donors (Lipinski definition) is 0. The average molecular weight is 421 g/mol. The van der Waals surface area contributed by atoms with E-state index < -0.39 is 5.97 Å². The summed E-state index contributed by atoms with van der Waals surface area (Å²) in [7, 11) is 0. The van der Waals surface area contributed by atoms with Crippen LogP contribution in [0.5, 0.6) is 0 Å². The van der Waals surface area contributed by atoms with Crippen molar-refractivity contribution >= 4 is 12.0 Å². The smallest absolute Gasteiger partial charge is 0.255 e. The molecule has 31 heavy (non-hydrogen) atoms. The summed E-state index contributed by atoms with van der Waals surface area (Å²) in [5.41, 5.74) is 7.24. The van der Waals surface area contributed by atoms with Gasteiger partial charge >= 0.3 is 5.97 Å². The standard InChI is InChI=1S/C11H13FO2.C9H10.C8H10/c1-8-3-4-10(9(2)7-8)5-6-11(13)14-12;1-3-9-6-4-5-8(2)7-9;1-2-8-6-4-3-5-7-8/h3-4,7H,5-6H2,1-2H3;3-7H,1H2,2H3;3-7H,2H2,1H3. The maximum absolute atomic E-state index is 11.4. The molecule has 0 radical (unpaired) electrons. The lowest BCUT2D eigenvalue weighted by molar-refractivity contribution is -0.183. The first-order valence-corrected chi connectivity index (χ1v) is 10.5. The Hall–Kier alpha value is -3.20. The van der Waals surface area contributed by atoms with E-state index >= 15 is 0 Å². The highest BCUT2D eigenvalue weighted by atomic mass is 19.3. The molecular formula is C28H33FO2. The zero-order valence-electron chi connectivity index (χ0n) is 19.0. The van der Waals surface area contributed by atoms with Gasteiger partial charge in [-0.25, -0.2) is 4.79 Å². The molecule has 2 nitrogen and oxygen atoms in total. The Labute approximate surface area is 186 Å². The van der Waals surface area contributed by atoms with Crippen molar-refractivity contribution in [1.29, 1.82) is 0 Å². The van der Waals surface area contributed by atoms with Gasteiger partial charge in [0.2, 0.25) is 0 Å². The molecule has 0 saturated heterocycles. The second-order valence-corrected chi connectivity index (χ2v) is 7.34. The Morgan fingerprint density at radius 2 is 1.61 bits per heavy atom. The third-order valence-corrected chi connectivity index (χ3v) is 4.71. The Morgan fingerprint density at radius 1 is 0.935 bits per heavy atom. The highest BCUT2D eigenvalue weighted by Crippen LogP contribution is 2.12. The lowest BCUT2D eigenvalue weighted by Gasteiger charge is -2.04. The zero-order chi connectivity index (χ0) is 23.1. The molecule has 0 bridgehead atoms. The number of aryl methyl sites for hydroxylation is 5. The Bertz CT molecular complexity index is 933. The van der Waals surface area contributed by atoms with Crippen molar-refractivity contribution < 1.29 is 14.3 Å². The van der Waals surface area contributed by atoms with E-state index in [9.17, 15) is 9.32 Å². The summed E-state index contributed by atoms with van der Waals surface area (Å²) in [6, 6.07) is 24.7. The van der Waals surface area contributed by atoms with Crippen molar-refractivity contribution in [2.75, 3.05) is 0 Å². The minimum Gasteiger partial charge on any atom is -0.255 e. The minimum atomic E-state index is -0.815. The van der Waals surface area contributed by atoms with Crippen LogP contribution in [0.15, 0.2) is 79.4 Å². The summed E-state index contributed by atoms with van der Waals surface area (Å²) in [4.78, 5) is 13.7. The fourth-order valence-electron chi connectivity index (χ4n) is 2.91. The van der Waals surface area contributed by atoms with Gasteiger partial charge in [0.15, 0.2) is 0 Å². The van der Waals surface area contributed by atoms with Gasteiger partial charge in [-0.1, -0.05) is 104 Å². The molecule has 0 spiro atoms. The van der Waals surface area contributed by atoms with Crippen LogP contribution in [0.3, 0.4) is 0 Å². The molecule has 0 unspecified atom stereocenters. The molecule has 3 heteroatoms. The van der Waals surface area contributed by atoms with Gasteiger partial charge in [0.25, 0.3) is 0 Å². The molecular weight excluding hydrogens is 387 g/mol. The lowest BCUT2D eigenvalue weighted by atomic mass is 10.0. The Morgan fingerprint density at radius 3 is 2.10 bits per heavy atom. The predicted molar refractivity (Wildman–Crippen MR) is 129 cm³/mol. The predicted octanol–water partition coefficient (Wildman–Crippen LogP) is 7.55. The monoisotopic (exact) mass is 420 g/mol. The van der Waals surface area contributed by atoms with Crippen molar-refractivity contribution in [3.05, 3.63) is 113 Å². The van der Waals surface area contributed by atoms with Crippen molar-refractivity contribution in [2.24, 2.45) is 0 Å². The molecule has 164 valence electrons. The van der Waals surface area contributed by atoms with Crippen molar-refractivity contribution in [3.8, 4) is 0 Å². The quantitative estimate of drug-likeness (QED) is 0.426. The fraction of sp³-hybridized carbons (Fsp3) is 0.250. The number of carbonyl (C=O) groups excluding carboxylic acids is 1. The number of benzene rings is 3. The third-order valence-electron chi connectivity index (χ3n) is 4.71. The molecule has 0 fully saturated rings. The summed E-state index contributed by atoms with van der Waals surface area (Å²) < 4.78 is 11.4. The second kappa shape index (κ2) is 14.7. The first kappa shape index (κ1) is 25.8. The van der Waals surface area contributed by atoms with E-state index in [4.69, 9.17) is 0 Å². The highest BCUT2D eigenvalue weighted by molar-refractivity contribution is 5.69. The van der Waals surface area contributed by atoms with E-state index in [1.54, 1.807) is 0 Å². The van der Waals surface area contributed by atoms with Crippen molar-refractivity contribution in [1.82, 2.24) is 0 Å². The molecule has 0 atom stereocenters. The molecule has 0 saturated carbocycles. The van der Waals surface area contributed by atoms with Gasteiger partial charge in [0, 0.05) is 4.53 Å². The van der Waals surface area contributed by atoms with E-state index in [0.717, 1.165) is 17.5 Å².